The highest BCUT2D eigenvalue weighted by Crippen LogP contribution is 2.27. The topological polar surface area (TPSA) is 72.9 Å². The molecule has 0 aliphatic heterocycles. The molecular weight excluding hydrogens is 462 g/mol. The van der Waals surface area contributed by atoms with Crippen LogP contribution in [0, 0.1) is 6.92 Å². The average molecular weight is 494 g/mol. The lowest BCUT2D eigenvalue weighted by atomic mass is 10.2. The molecule has 3 aromatic carbocycles. The van der Waals surface area contributed by atoms with Crippen molar-refractivity contribution in [3.8, 4) is 11.5 Å². The fraction of sp³-hybridized carbons (Fsp3) is 0.250. The Balaban J connectivity index is 1.89. The maximum absolute atomic E-state index is 13.5. The Morgan fingerprint density at radius 3 is 2.06 bits per heavy atom. The lowest BCUT2D eigenvalue weighted by molar-refractivity contribution is -0.113. The van der Waals surface area contributed by atoms with Gasteiger partial charge in [0.25, 0.3) is 15.9 Å². The molecule has 0 saturated heterocycles. The molecule has 184 valence electrons. The number of nitrogens with zero attached hydrogens (tertiary/aromatic N) is 1. The monoisotopic (exact) mass is 493 g/mol. The van der Waals surface area contributed by atoms with E-state index in [9.17, 15) is 13.2 Å². The van der Waals surface area contributed by atoms with E-state index < -0.39 is 15.9 Å². The highest BCUT2D eigenvalue weighted by molar-refractivity contribution is 7.93. The number of amides is 1. The second-order valence-electron chi connectivity index (χ2n) is 7.95. The maximum Gasteiger partial charge on any atom is 0.271 e. The van der Waals surface area contributed by atoms with Crippen molar-refractivity contribution in [1.82, 2.24) is 0 Å². The number of benzene rings is 3. The summed E-state index contributed by atoms with van der Waals surface area (Å²) in [6, 6.07) is 20.1. The van der Waals surface area contributed by atoms with Crippen molar-refractivity contribution in [1.29, 1.82) is 0 Å². The Morgan fingerprint density at radius 1 is 0.857 bits per heavy atom. The van der Waals surface area contributed by atoms with Gasteiger partial charge >= 0.3 is 0 Å². The van der Waals surface area contributed by atoms with E-state index in [0.717, 1.165) is 34.0 Å². The molecule has 0 atom stereocenters. The van der Waals surface area contributed by atoms with E-state index in [0.29, 0.717) is 19.0 Å². The number of carbonyl (C=O) groups excluding carboxylic acids is 1. The van der Waals surface area contributed by atoms with Gasteiger partial charge in [0.05, 0.1) is 23.8 Å². The van der Waals surface area contributed by atoms with Gasteiger partial charge in [0.15, 0.2) is 0 Å². The van der Waals surface area contributed by atoms with Crippen LogP contribution in [0.5, 0.6) is 11.5 Å². The first-order valence-corrected chi connectivity index (χ1v) is 13.1. The summed E-state index contributed by atoms with van der Waals surface area (Å²) >= 11 is 0. The molecule has 0 bridgehead atoms. The Labute approximate surface area is 207 Å². The van der Waals surface area contributed by atoms with Crippen LogP contribution in [0.4, 0.5) is 5.69 Å². The van der Waals surface area contributed by atoms with Crippen LogP contribution in [0.3, 0.4) is 0 Å². The summed E-state index contributed by atoms with van der Waals surface area (Å²) in [5.74, 6) is 0.658. The molecule has 3 aromatic rings. The first kappa shape index (κ1) is 26.0. The average Bonchev–Trinajstić information content (AvgIpc) is 2.85. The zero-order valence-electron chi connectivity index (χ0n) is 20.3. The van der Waals surface area contributed by atoms with E-state index in [1.165, 1.54) is 18.2 Å². The second kappa shape index (κ2) is 12.2. The molecule has 7 heteroatoms. The van der Waals surface area contributed by atoms with E-state index in [1.54, 1.807) is 42.5 Å². The minimum Gasteiger partial charge on any atom is -0.494 e. The summed E-state index contributed by atoms with van der Waals surface area (Å²) in [5.41, 5.74) is 1.90. The maximum atomic E-state index is 13.5. The molecule has 0 aliphatic carbocycles. The predicted molar refractivity (Wildman–Crippen MR) is 139 cm³/mol. The number of hydrogen-bond donors (Lipinski definition) is 0. The summed E-state index contributed by atoms with van der Waals surface area (Å²) in [6.07, 6.45) is 4.88. The minimum absolute atomic E-state index is 0.0346. The van der Waals surface area contributed by atoms with Gasteiger partial charge in [-0.05, 0) is 80.4 Å². The van der Waals surface area contributed by atoms with Crippen LogP contribution < -0.4 is 13.8 Å². The SMILES string of the molecule is CCCCOc1ccc(/C=C/C(=O)N(c2ccc(OCC)cc2)S(=O)(=O)c2ccc(C)cc2)cc1. The van der Waals surface area contributed by atoms with Crippen LogP contribution >= 0.6 is 0 Å². The molecule has 0 spiro atoms. The van der Waals surface area contributed by atoms with E-state index in [-0.39, 0.29) is 10.6 Å². The third kappa shape index (κ3) is 6.96. The summed E-state index contributed by atoms with van der Waals surface area (Å²) in [4.78, 5) is 13.3. The highest BCUT2D eigenvalue weighted by atomic mass is 32.2. The zero-order chi connectivity index (χ0) is 25.3. The first-order chi connectivity index (χ1) is 16.8. The lowest BCUT2D eigenvalue weighted by Gasteiger charge is -2.22. The standard InChI is InChI=1S/C28H31NO5S/c1-4-6-21-34-26-14-9-23(10-15-26)11-20-28(30)29(24-12-16-25(17-13-24)33-5-2)35(31,32)27-18-7-22(3)8-19-27/h7-20H,4-6,21H2,1-3H3/b20-11+. The van der Waals surface area contributed by atoms with Crippen LogP contribution in [0.1, 0.15) is 37.8 Å². The van der Waals surface area contributed by atoms with Crippen molar-refractivity contribution in [3.63, 3.8) is 0 Å². The third-order valence-corrected chi connectivity index (χ3v) is 6.95. The molecule has 0 aromatic heterocycles. The molecule has 6 nitrogen and oxygen atoms in total. The van der Waals surface area contributed by atoms with Gasteiger partial charge in [0, 0.05) is 6.08 Å². The van der Waals surface area contributed by atoms with Crippen LogP contribution in [0.15, 0.2) is 83.8 Å². The van der Waals surface area contributed by atoms with Crippen molar-refractivity contribution in [2.24, 2.45) is 0 Å². The van der Waals surface area contributed by atoms with Crippen molar-refractivity contribution in [3.05, 3.63) is 90.0 Å². The Bertz CT molecular complexity index is 1230. The molecule has 1 amide bonds. The largest absolute Gasteiger partial charge is 0.494 e. The summed E-state index contributed by atoms with van der Waals surface area (Å²) < 4.78 is 38.9. The van der Waals surface area contributed by atoms with Crippen LogP contribution in [-0.2, 0) is 14.8 Å². The molecule has 0 fully saturated rings. The molecule has 35 heavy (non-hydrogen) atoms. The van der Waals surface area contributed by atoms with E-state index >= 15 is 0 Å². The first-order valence-electron chi connectivity index (χ1n) is 11.6. The molecule has 0 saturated carbocycles. The second-order valence-corrected chi connectivity index (χ2v) is 9.74. The minimum atomic E-state index is -4.15. The van der Waals surface area contributed by atoms with Gasteiger partial charge in [-0.25, -0.2) is 8.42 Å². The fourth-order valence-electron chi connectivity index (χ4n) is 3.29. The number of hydrogen-bond acceptors (Lipinski definition) is 5. The normalized spacial score (nSPS) is 11.4. The summed E-state index contributed by atoms with van der Waals surface area (Å²) in [7, 11) is -4.15. The number of rotatable bonds is 11. The van der Waals surface area contributed by atoms with Gasteiger partial charge in [-0.2, -0.15) is 4.31 Å². The molecule has 0 N–H and O–H groups in total. The third-order valence-electron chi connectivity index (χ3n) is 5.21. The molecular formula is C28H31NO5S. The van der Waals surface area contributed by atoms with Crippen molar-refractivity contribution < 1.29 is 22.7 Å². The lowest BCUT2D eigenvalue weighted by Crippen LogP contribution is -2.35. The van der Waals surface area contributed by atoms with Crippen molar-refractivity contribution >= 4 is 27.7 Å². The number of sulfonamides is 1. The molecule has 3 rings (SSSR count). The van der Waals surface area contributed by atoms with Crippen molar-refractivity contribution in [2.75, 3.05) is 17.5 Å². The molecule has 0 radical (unpaired) electrons. The quantitative estimate of drug-likeness (QED) is 0.242. The van der Waals surface area contributed by atoms with Gasteiger partial charge < -0.3 is 9.47 Å². The van der Waals surface area contributed by atoms with Crippen LogP contribution in [0.2, 0.25) is 0 Å². The summed E-state index contributed by atoms with van der Waals surface area (Å²) in [5, 5.41) is 0. The predicted octanol–water partition coefficient (Wildman–Crippen LogP) is 6.01. The summed E-state index contributed by atoms with van der Waals surface area (Å²) in [6.45, 7) is 6.96. The van der Waals surface area contributed by atoms with Gasteiger partial charge in [-0.1, -0.05) is 43.2 Å². The van der Waals surface area contributed by atoms with Gasteiger partial charge in [-0.3, -0.25) is 4.79 Å². The van der Waals surface area contributed by atoms with Gasteiger partial charge in [-0.15, -0.1) is 0 Å². The Morgan fingerprint density at radius 2 is 1.46 bits per heavy atom. The van der Waals surface area contributed by atoms with Gasteiger partial charge in [0.1, 0.15) is 11.5 Å². The van der Waals surface area contributed by atoms with E-state index in [1.807, 2.05) is 38.1 Å². The number of ether oxygens (including phenoxy) is 2. The highest BCUT2D eigenvalue weighted by Gasteiger charge is 2.29. The fourth-order valence-corrected chi connectivity index (χ4v) is 4.68. The molecule has 0 heterocycles. The number of aryl methyl sites for hydroxylation is 1. The number of unbranched alkanes of at least 4 members (excludes halogenated alkanes) is 1. The van der Waals surface area contributed by atoms with E-state index in [2.05, 4.69) is 6.92 Å². The number of anilines is 1. The Hall–Kier alpha value is -3.58. The van der Waals surface area contributed by atoms with Crippen molar-refractivity contribution in [2.45, 2.75) is 38.5 Å². The van der Waals surface area contributed by atoms with Crippen LogP contribution in [0.25, 0.3) is 6.08 Å². The van der Waals surface area contributed by atoms with Crippen LogP contribution in [-0.4, -0.2) is 27.5 Å². The molecule has 0 aliphatic rings. The number of carbonyl (C=O) groups is 1. The van der Waals surface area contributed by atoms with Gasteiger partial charge in [0.2, 0.25) is 0 Å². The molecule has 0 unspecified atom stereocenters. The smallest absolute Gasteiger partial charge is 0.271 e. The van der Waals surface area contributed by atoms with E-state index in [4.69, 9.17) is 9.47 Å². The Kier molecular flexibility index (Phi) is 9.09. The zero-order valence-corrected chi connectivity index (χ0v) is 21.1.